The summed E-state index contributed by atoms with van der Waals surface area (Å²) in [5, 5.41) is 15.2. The minimum Gasteiger partial charge on any atom is -0.445 e. The van der Waals surface area contributed by atoms with Gasteiger partial charge in [-0.3, -0.25) is 14.4 Å². The number of aliphatic hydroxyl groups excluding tert-OH is 1. The summed E-state index contributed by atoms with van der Waals surface area (Å²) in [6.45, 7) is 2.57. The van der Waals surface area contributed by atoms with Gasteiger partial charge in [-0.15, -0.1) is 0 Å². The predicted octanol–water partition coefficient (Wildman–Crippen LogP) is 4.71. The van der Waals surface area contributed by atoms with Crippen LogP contribution in [0.3, 0.4) is 0 Å². The molecule has 3 N–H and O–H groups in total. The number of benzene rings is 4. The first-order valence-corrected chi connectivity index (χ1v) is 19.1. The van der Waals surface area contributed by atoms with Crippen molar-refractivity contribution >= 4 is 35.2 Å². The first-order valence-electron chi connectivity index (χ1n) is 19.1. The fourth-order valence-corrected chi connectivity index (χ4v) is 8.16. The van der Waals surface area contributed by atoms with Crippen LogP contribution < -0.4 is 20.4 Å². The van der Waals surface area contributed by atoms with E-state index in [1.54, 1.807) is 24.3 Å². The van der Waals surface area contributed by atoms with E-state index in [0.29, 0.717) is 43.7 Å². The summed E-state index contributed by atoms with van der Waals surface area (Å²) in [7, 11) is 0. The average molecular weight is 760 g/mol. The number of carbonyl (C=O) groups is 4. The van der Waals surface area contributed by atoms with Crippen molar-refractivity contribution in [3.63, 3.8) is 0 Å². The molecule has 4 heterocycles. The third-order valence-corrected chi connectivity index (χ3v) is 11.2. The van der Waals surface area contributed by atoms with Crippen LogP contribution in [0.1, 0.15) is 60.3 Å². The molecule has 13 heteroatoms. The number of nitrogens with one attached hydrogen (secondary N) is 2. The number of nitrogens with zero attached hydrogens (tertiary/aromatic N) is 3. The molecule has 290 valence electrons. The van der Waals surface area contributed by atoms with Gasteiger partial charge in [0, 0.05) is 37.3 Å². The number of piperidine rings is 1. The monoisotopic (exact) mass is 759 g/mol. The number of amides is 4. The largest absolute Gasteiger partial charge is 0.445 e. The predicted molar refractivity (Wildman–Crippen MR) is 206 cm³/mol. The number of likely N-dealkylation sites (tertiary alicyclic amines) is 1. The number of para-hydroxylation sites is 1. The molecule has 56 heavy (non-hydrogen) atoms. The molecule has 4 unspecified atom stereocenters. The summed E-state index contributed by atoms with van der Waals surface area (Å²) in [6.07, 6.45) is -0.226. The molecule has 4 atom stereocenters. The quantitative estimate of drug-likeness (QED) is 0.194. The molecule has 4 fully saturated rings. The number of carbonyl (C=O) groups excluding carboxylic acids is 4. The molecular weight excluding hydrogens is 715 g/mol. The molecule has 0 bridgehead atoms. The topological polar surface area (TPSA) is 150 Å². The third kappa shape index (κ3) is 7.76. The van der Waals surface area contributed by atoms with Crippen LogP contribution in [0, 0.1) is 0 Å². The molecule has 4 aliphatic heterocycles. The van der Waals surface area contributed by atoms with Crippen molar-refractivity contribution in [1.82, 2.24) is 15.5 Å². The second-order valence-electron chi connectivity index (χ2n) is 14.7. The molecule has 13 nitrogen and oxygen atoms in total. The number of anilines is 2. The zero-order valence-corrected chi connectivity index (χ0v) is 30.9. The number of alkyl carbamates (subject to hydrolysis) is 1. The van der Waals surface area contributed by atoms with E-state index >= 15 is 0 Å². The fraction of sp³-hybridized carbons (Fsp3) is 0.349. The van der Waals surface area contributed by atoms with Gasteiger partial charge in [0.2, 0.25) is 11.8 Å². The van der Waals surface area contributed by atoms with Crippen LogP contribution in [0.4, 0.5) is 16.2 Å². The lowest BCUT2D eigenvalue weighted by molar-refractivity contribution is -0.253. The highest BCUT2D eigenvalue weighted by Gasteiger charge is 2.50. The van der Waals surface area contributed by atoms with E-state index < -0.39 is 35.8 Å². The number of aliphatic hydroxyl groups is 1. The van der Waals surface area contributed by atoms with E-state index in [9.17, 15) is 24.3 Å². The van der Waals surface area contributed by atoms with E-state index in [0.717, 1.165) is 40.4 Å². The second-order valence-corrected chi connectivity index (χ2v) is 14.7. The Labute approximate surface area is 325 Å². The van der Waals surface area contributed by atoms with E-state index in [2.05, 4.69) is 20.4 Å². The molecule has 0 saturated carbocycles. The molecule has 8 rings (SSSR count). The highest BCUT2D eigenvalue weighted by atomic mass is 16.7. The lowest BCUT2D eigenvalue weighted by Gasteiger charge is -2.45. The Hall–Kier alpha value is -5.60. The zero-order valence-electron chi connectivity index (χ0n) is 30.9. The summed E-state index contributed by atoms with van der Waals surface area (Å²) in [4.78, 5) is 57.7. The molecule has 4 aliphatic rings. The smallest absolute Gasteiger partial charge is 0.408 e. The Morgan fingerprint density at radius 1 is 0.821 bits per heavy atom. The molecule has 1 spiro atoms. The summed E-state index contributed by atoms with van der Waals surface area (Å²) < 4.78 is 18.4. The summed E-state index contributed by atoms with van der Waals surface area (Å²) in [5.41, 5.74) is 4.10. The van der Waals surface area contributed by atoms with E-state index in [-0.39, 0.29) is 37.7 Å². The number of rotatable bonds is 10. The van der Waals surface area contributed by atoms with Gasteiger partial charge in [-0.05, 0) is 53.8 Å². The summed E-state index contributed by atoms with van der Waals surface area (Å²) in [5.74, 6) is -0.900. The Balaban J connectivity index is 0.935. The Bertz CT molecular complexity index is 2020. The standard InChI is InChI=1S/C43H45N5O8/c49-26-29-11-13-31(14-12-29)37-23-35(25-46-21-19-43(20-22-46)41(52)44-28-47(43)33-9-5-2-6-10-33)55-40(56-37)32-15-17-34(18-16-32)48-38(50)24-36(39(48)51)45-42(53)54-27-30-7-3-1-4-8-30/h1-18,35-37,40,49H,19-28H2,(H,44,52)(H,45,53). The Morgan fingerprint density at radius 2 is 1.50 bits per heavy atom. The minimum atomic E-state index is -1.04. The molecule has 4 amide bonds. The minimum absolute atomic E-state index is 0.0403. The maximum atomic E-state index is 13.3. The SMILES string of the molecule is O=C(NC1CC(=O)N(c2ccc(C3OC(CN4CCC5(CC4)C(=O)NCN5c4ccccc4)CC(c4ccc(CO)cc4)O3)cc2)C1=O)OCc1ccccc1. The van der Waals surface area contributed by atoms with Crippen LogP contribution in [-0.4, -0.2) is 77.8 Å². The van der Waals surface area contributed by atoms with Gasteiger partial charge in [0.15, 0.2) is 6.29 Å². The van der Waals surface area contributed by atoms with Crippen molar-refractivity contribution in [2.45, 2.75) is 69.0 Å². The number of imide groups is 1. The van der Waals surface area contributed by atoms with Gasteiger partial charge in [0.25, 0.3) is 5.91 Å². The highest BCUT2D eigenvalue weighted by molar-refractivity contribution is 6.22. The highest BCUT2D eigenvalue weighted by Crippen LogP contribution is 2.40. The van der Waals surface area contributed by atoms with E-state index in [1.165, 1.54) is 0 Å². The van der Waals surface area contributed by atoms with Gasteiger partial charge in [0.1, 0.15) is 18.2 Å². The molecule has 0 aliphatic carbocycles. The van der Waals surface area contributed by atoms with Crippen molar-refractivity contribution in [2.75, 3.05) is 36.1 Å². The van der Waals surface area contributed by atoms with Gasteiger partial charge in [-0.1, -0.05) is 84.9 Å². The van der Waals surface area contributed by atoms with Crippen molar-refractivity contribution in [1.29, 1.82) is 0 Å². The van der Waals surface area contributed by atoms with Gasteiger partial charge in [-0.2, -0.15) is 0 Å². The summed E-state index contributed by atoms with van der Waals surface area (Å²) >= 11 is 0. The van der Waals surface area contributed by atoms with Crippen molar-refractivity contribution in [3.8, 4) is 0 Å². The normalized spacial score (nSPS) is 23.7. The van der Waals surface area contributed by atoms with Crippen LogP contribution in [0.5, 0.6) is 0 Å². The molecule has 4 saturated heterocycles. The molecule has 4 aromatic carbocycles. The van der Waals surface area contributed by atoms with Gasteiger partial charge >= 0.3 is 6.09 Å². The van der Waals surface area contributed by atoms with Gasteiger partial charge in [-0.25, -0.2) is 9.69 Å². The first kappa shape index (κ1) is 37.3. The maximum absolute atomic E-state index is 13.3. The van der Waals surface area contributed by atoms with Crippen molar-refractivity contribution in [3.05, 3.63) is 131 Å². The third-order valence-electron chi connectivity index (χ3n) is 11.2. The van der Waals surface area contributed by atoms with Crippen LogP contribution in [0.25, 0.3) is 0 Å². The number of hydrogen-bond donors (Lipinski definition) is 3. The van der Waals surface area contributed by atoms with Crippen LogP contribution in [0.2, 0.25) is 0 Å². The van der Waals surface area contributed by atoms with Crippen LogP contribution >= 0.6 is 0 Å². The summed E-state index contributed by atoms with van der Waals surface area (Å²) in [6, 6.07) is 32.8. The Kier molecular flexibility index (Phi) is 10.8. The van der Waals surface area contributed by atoms with Crippen molar-refractivity contribution in [2.24, 2.45) is 0 Å². The van der Waals surface area contributed by atoms with Crippen LogP contribution in [-0.2, 0) is 41.8 Å². The first-order chi connectivity index (χ1) is 27.3. The van der Waals surface area contributed by atoms with Crippen molar-refractivity contribution < 1.29 is 38.5 Å². The molecule has 0 radical (unpaired) electrons. The van der Waals surface area contributed by atoms with Crippen LogP contribution in [0.15, 0.2) is 109 Å². The lowest BCUT2D eigenvalue weighted by Crippen LogP contribution is -2.57. The average Bonchev–Trinajstić information content (AvgIpc) is 3.70. The number of hydrogen-bond acceptors (Lipinski definition) is 10. The van der Waals surface area contributed by atoms with Gasteiger partial charge < -0.3 is 39.8 Å². The van der Waals surface area contributed by atoms with Gasteiger partial charge in [0.05, 0.1) is 37.6 Å². The number of ether oxygens (including phenoxy) is 3. The lowest BCUT2D eigenvalue weighted by atomic mass is 9.85. The molecular formula is C43H45N5O8. The Morgan fingerprint density at radius 3 is 2.20 bits per heavy atom. The second kappa shape index (κ2) is 16.2. The fourth-order valence-electron chi connectivity index (χ4n) is 8.16. The zero-order chi connectivity index (χ0) is 38.6. The molecule has 4 aromatic rings. The molecule has 0 aromatic heterocycles. The maximum Gasteiger partial charge on any atom is 0.408 e. The van der Waals surface area contributed by atoms with E-state index in [1.807, 2.05) is 84.9 Å². The van der Waals surface area contributed by atoms with E-state index in [4.69, 9.17) is 14.2 Å².